The van der Waals surface area contributed by atoms with Crippen LogP contribution in [0.15, 0.2) is 12.4 Å². The Hall–Kier alpha value is -2.05. The minimum atomic E-state index is -0.951. The maximum absolute atomic E-state index is 12.2. The van der Waals surface area contributed by atoms with Gasteiger partial charge in [-0.2, -0.15) is 5.10 Å². The van der Waals surface area contributed by atoms with Crippen molar-refractivity contribution in [3.05, 3.63) is 18.0 Å². The van der Waals surface area contributed by atoms with Gasteiger partial charge >= 0.3 is 12.0 Å². The highest BCUT2D eigenvalue weighted by Crippen LogP contribution is 2.35. The number of carboxylic acid groups (broad SMARTS) is 1. The summed E-state index contributed by atoms with van der Waals surface area (Å²) in [6.07, 6.45) is 4.93. The summed E-state index contributed by atoms with van der Waals surface area (Å²) in [4.78, 5) is 25.1. The van der Waals surface area contributed by atoms with Crippen molar-refractivity contribution in [1.29, 1.82) is 0 Å². The predicted molar refractivity (Wildman–Crippen MR) is 72.0 cm³/mol. The van der Waals surface area contributed by atoms with Crippen LogP contribution in [0.2, 0.25) is 0 Å². The number of amides is 2. The van der Waals surface area contributed by atoms with Gasteiger partial charge in [-0.05, 0) is 18.3 Å². The first-order chi connectivity index (χ1) is 9.42. The van der Waals surface area contributed by atoms with Crippen molar-refractivity contribution in [3.8, 4) is 0 Å². The maximum Gasteiger partial charge on any atom is 0.327 e. The molecule has 0 aliphatic carbocycles. The number of aliphatic carboxylic acids is 1. The van der Waals surface area contributed by atoms with E-state index in [9.17, 15) is 14.7 Å². The van der Waals surface area contributed by atoms with Crippen molar-refractivity contribution < 1.29 is 14.7 Å². The number of aromatic nitrogens is 2. The fraction of sp³-hybridized carbons (Fsp3) is 0.615. The van der Waals surface area contributed by atoms with Gasteiger partial charge in [0.15, 0.2) is 0 Å². The second-order valence-electron chi connectivity index (χ2n) is 5.79. The molecule has 0 aromatic carbocycles. The number of likely N-dealkylation sites (tertiary alicyclic amines) is 1. The highest BCUT2D eigenvalue weighted by molar-refractivity contribution is 5.83. The number of carboxylic acids is 1. The molecule has 0 bridgehead atoms. The smallest absolute Gasteiger partial charge is 0.327 e. The molecule has 2 rings (SSSR count). The Morgan fingerprint density at radius 2 is 2.35 bits per heavy atom. The van der Waals surface area contributed by atoms with Crippen LogP contribution < -0.4 is 5.32 Å². The van der Waals surface area contributed by atoms with Gasteiger partial charge in [-0.25, -0.2) is 9.59 Å². The number of aromatic amines is 1. The monoisotopic (exact) mass is 280 g/mol. The highest BCUT2D eigenvalue weighted by Gasteiger charge is 2.44. The SMILES string of the molecule is CC1(C)CCCN(C(=O)NCc2cn[nH]c2)C1C(=O)O. The van der Waals surface area contributed by atoms with E-state index in [1.54, 1.807) is 12.4 Å². The lowest BCUT2D eigenvalue weighted by atomic mass is 9.76. The Kier molecular flexibility index (Phi) is 3.96. The van der Waals surface area contributed by atoms with E-state index in [4.69, 9.17) is 0 Å². The van der Waals surface area contributed by atoms with Crippen LogP contribution in [0.25, 0.3) is 0 Å². The molecule has 1 aliphatic heterocycles. The second kappa shape index (κ2) is 5.52. The van der Waals surface area contributed by atoms with Crippen LogP contribution in [0, 0.1) is 5.41 Å². The van der Waals surface area contributed by atoms with Crippen LogP contribution in [0.5, 0.6) is 0 Å². The molecule has 7 heteroatoms. The molecule has 1 fully saturated rings. The van der Waals surface area contributed by atoms with Gasteiger partial charge in [-0.15, -0.1) is 0 Å². The van der Waals surface area contributed by atoms with Gasteiger partial charge in [0.2, 0.25) is 0 Å². The fourth-order valence-electron chi connectivity index (χ4n) is 2.73. The number of piperidine rings is 1. The number of carbonyl (C=O) groups is 2. The Balaban J connectivity index is 2.04. The van der Waals surface area contributed by atoms with E-state index in [2.05, 4.69) is 15.5 Å². The number of nitrogens with one attached hydrogen (secondary N) is 2. The minimum Gasteiger partial charge on any atom is -0.480 e. The lowest BCUT2D eigenvalue weighted by Crippen LogP contribution is -2.58. The Bertz CT molecular complexity index is 484. The number of hydrogen-bond donors (Lipinski definition) is 3. The molecule has 1 unspecified atom stereocenters. The third-order valence-corrected chi connectivity index (χ3v) is 3.77. The van der Waals surface area contributed by atoms with Gasteiger partial charge in [-0.1, -0.05) is 13.8 Å². The van der Waals surface area contributed by atoms with E-state index in [1.807, 2.05) is 13.8 Å². The van der Waals surface area contributed by atoms with Gasteiger partial charge < -0.3 is 15.3 Å². The summed E-state index contributed by atoms with van der Waals surface area (Å²) in [6.45, 7) is 4.58. The van der Waals surface area contributed by atoms with E-state index in [0.717, 1.165) is 18.4 Å². The molecule has 1 atom stereocenters. The standard InChI is InChI=1S/C13H20N4O3/c1-13(2)4-3-5-17(10(13)11(18)19)12(20)14-6-9-7-15-16-8-9/h7-8,10H,3-6H2,1-2H3,(H,14,20)(H,15,16)(H,18,19). The van der Waals surface area contributed by atoms with Crippen molar-refractivity contribution in [2.24, 2.45) is 5.41 Å². The Labute approximate surface area is 117 Å². The van der Waals surface area contributed by atoms with Crippen LogP contribution in [-0.2, 0) is 11.3 Å². The molecule has 7 nitrogen and oxygen atoms in total. The molecule has 1 aliphatic rings. The number of hydrogen-bond acceptors (Lipinski definition) is 3. The average Bonchev–Trinajstić information content (AvgIpc) is 2.86. The van der Waals surface area contributed by atoms with Crippen molar-refractivity contribution in [2.75, 3.05) is 6.54 Å². The van der Waals surface area contributed by atoms with E-state index in [0.29, 0.717) is 13.1 Å². The number of nitrogens with zero attached hydrogens (tertiary/aromatic N) is 2. The molecule has 20 heavy (non-hydrogen) atoms. The number of rotatable bonds is 3. The van der Waals surface area contributed by atoms with Crippen LogP contribution in [0.4, 0.5) is 4.79 Å². The van der Waals surface area contributed by atoms with Crippen molar-refractivity contribution >= 4 is 12.0 Å². The van der Waals surface area contributed by atoms with E-state index < -0.39 is 17.4 Å². The zero-order chi connectivity index (χ0) is 14.8. The van der Waals surface area contributed by atoms with E-state index >= 15 is 0 Å². The van der Waals surface area contributed by atoms with E-state index in [1.165, 1.54) is 4.90 Å². The zero-order valence-corrected chi connectivity index (χ0v) is 11.7. The third-order valence-electron chi connectivity index (χ3n) is 3.77. The molecule has 0 saturated carbocycles. The molecule has 0 radical (unpaired) electrons. The van der Waals surface area contributed by atoms with Crippen LogP contribution in [0.3, 0.4) is 0 Å². The molecule has 1 aromatic rings. The van der Waals surface area contributed by atoms with Gasteiger partial charge in [0.1, 0.15) is 6.04 Å². The van der Waals surface area contributed by atoms with Gasteiger partial charge in [0.25, 0.3) is 0 Å². The molecule has 0 spiro atoms. The largest absolute Gasteiger partial charge is 0.480 e. The minimum absolute atomic E-state index is 0.332. The molecule has 1 saturated heterocycles. The summed E-state index contributed by atoms with van der Waals surface area (Å²) in [5.74, 6) is -0.951. The molecule has 1 aromatic heterocycles. The van der Waals surface area contributed by atoms with Gasteiger partial charge in [0, 0.05) is 24.8 Å². The Morgan fingerprint density at radius 3 is 2.95 bits per heavy atom. The first-order valence-electron chi connectivity index (χ1n) is 6.67. The summed E-state index contributed by atoms with van der Waals surface area (Å²) < 4.78 is 0. The molecule has 3 N–H and O–H groups in total. The van der Waals surface area contributed by atoms with Crippen LogP contribution in [0.1, 0.15) is 32.3 Å². The third kappa shape index (κ3) is 2.92. The van der Waals surface area contributed by atoms with Crippen LogP contribution >= 0.6 is 0 Å². The first kappa shape index (κ1) is 14.4. The average molecular weight is 280 g/mol. The van der Waals surface area contributed by atoms with Crippen molar-refractivity contribution in [3.63, 3.8) is 0 Å². The molecular weight excluding hydrogens is 260 g/mol. The molecular formula is C13H20N4O3. The summed E-state index contributed by atoms with van der Waals surface area (Å²) >= 11 is 0. The molecule has 110 valence electrons. The number of H-pyrrole nitrogens is 1. The van der Waals surface area contributed by atoms with Crippen molar-refractivity contribution in [1.82, 2.24) is 20.4 Å². The second-order valence-corrected chi connectivity index (χ2v) is 5.79. The highest BCUT2D eigenvalue weighted by atomic mass is 16.4. The normalized spacial score (nSPS) is 21.5. The quantitative estimate of drug-likeness (QED) is 0.774. The van der Waals surface area contributed by atoms with Gasteiger partial charge in [0.05, 0.1) is 6.20 Å². The van der Waals surface area contributed by atoms with Crippen LogP contribution in [-0.4, -0.2) is 44.8 Å². The molecule has 2 amide bonds. The fourth-order valence-corrected chi connectivity index (χ4v) is 2.73. The number of urea groups is 1. The lowest BCUT2D eigenvalue weighted by molar-refractivity contribution is -0.148. The maximum atomic E-state index is 12.2. The Morgan fingerprint density at radius 1 is 1.60 bits per heavy atom. The summed E-state index contributed by atoms with van der Waals surface area (Å²) in [5, 5.41) is 18.6. The number of carbonyl (C=O) groups excluding carboxylic acids is 1. The topological polar surface area (TPSA) is 98.3 Å². The summed E-state index contributed by atoms with van der Waals surface area (Å²) in [5.41, 5.74) is 0.429. The summed E-state index contributed by atoms with van der Waals surface area (Å²) in [7, 11) is 0. The van der Waals surface area contributed by atoms with Crippen molar-refractivity contribution in [2.45, 2.75) is 39.3 Å². The lowest BCUT2D eigenvalue weighted by Gasteiger charge is -2.43. The zero-order valence-electron chi connectivity index (χ0n) is 11.7. The first-order valence-corrected chi connectivity index (χ1v) is 6.67. The predicted octanol–water partition coefficient (Wildman–Crippen LogP) is 1.19. The molecule has 2 heterocycles. The van der Waals surface area contributed by atoms with E-state index in [-0.39, 0.29) is 6.03 Å². The summed E-state index contributed by atoms with van der Waals surface area (Å²) in [6, 6.07) is -1.13. The van der Waals surface area contributed by atoms with Gasteiger partial charge in [-0.3, -0.25) is 5.10 Å².